The van der Waals surface area contributed by atoms with Gasteiger partial charge in [-0.25, -0.2) is 4.39 Å². The topological polar surface area (TPSA) is 32.3 Å². The highest BCUT2D eigenvalue weighted by molar-refractivity contribution is 6.30. The first-order chi connectivity index (χ1) is 9.06. The molecule has 1 N–H and O–H groups in total. The third-order valence-corrected chi connectivity index (χ3v) is 3.55. The van der Waals surface area contributed by atoms with Crippen LogP contribution in [0.1, 0.15) is 25.3 Å². The van der Waals surface area contributed by atoms with Crippen LogP contribution in [0, 0.1) is 5.82 Å². The highest BCUT2D eigenvalue weighted by Gasteiger charge is 2.21. The smallest absolute Gasteiger partial charge is 0.222 e. The van der Waals surface area contributed by atoms with Crippen LogP contribution in [-0.2, 0) is 11.3 Å². The molecule has 1 unspecified atom stereocenters. The molecule has 1 amide bonds. The van der Waals surface area contributed by atoms with Gasteiger partial charge in [0.05, 0.1) is 0 Å². The summed E-state index contributed by atoms with van der Waals surface area (Å²) in [6.07, 6.45) is 1.59. The summed E-state index contributed by atoms with van der Waals surface area (Å²) >= 11 is 5.84. The van der Waals surface area contributed by atoms with Crippen LogP contribution >= 0.6 is 11.6 Å². The molecule has 2 rings (SSSR count). The van der Waals surface area contributed by atoms with Crippen molar-refractivity contribution >= 4 is 17.5 Å². The maximum Gasteiger partial charge on any atom is 0.222 e. The number of hydrogen-bond donors (Lipinski definition) is 1. The van der Waals surface area contributed by atoms with Crippen molar-refractivity contribution in [2.45, 2.75) is 32.4 Å². The second kappa shape index (κ2) is 6.35. The summed E-state index contributed by atoms with van der Waals surface area (Å²) in [5, 5.41) is 3.75. The normalized spacial score (nSPS) is 17.0. The van der Waals surface area contributed by atoms with E-state index in [-0.39, 0.29) is 17.8 Å². The minimum Gasteiger partial charge on any atom is -0.341 e. The highest BCUT2D eigenvalue weighted by Crippen LogP contribution is 2.15. The van der Waals surface area contributed by atoms with E-state index in [4.69, 9.17) is 11.6 Å². The Kier molecular flexibility index (Phi) is 4.77. The molecule has 0 saturated carbocycles. The highest BCUT2D eigenvalue weighted by atomic mass is 35.5. The minimum atomic E-state index is -0.263. The molecule has 1 aliphatic rings. The maximum atomic E-state index is 13.5. The molecule has 1 aromatic rings. The number of halogens is 2. The maximum absolute atomic E-state index is 13.5. The molecule has 1 atom stereocenters. The van der Waals surface area contributed by atoms with Gasteiger partial charge in [-0.3, -0.25) is 4.79 Å². The van der Waals surface area contributed by atoms with Crippen molar-refractivity contribution in [3.63, 3.8) is 0 Å². The number of nitrogens with zero attached hydrogens (tertiary/aromatic N) is 1. The van der Waals surface area contributed by atoms with Crippen molar-refractivity contribution in [2.75, 3.05) is 13.1 Å². The van der Waals surface area contributed by atoms with Crippen molar-refractivity contribution in [1.29, 1.82) is 0 Å². The summed E-state index contributed by atoms with van der Waals surface area (Å²) in [6, 6.07) is 4.65. The van der Waals surface area contributed by atoms with Gasteiger partial charge in [-0.05, 0) is 31.5 Å². The van der Waals surface area contributed by atoms with Gasteiger partial charge < -0.3 is 10.2 Å². The predicted octanol–water partition coefficient (Wildman–Crippen LogP) is 2.58. The van der Waals surface area contributed by atoms with E-state index in [1.54, 1.807) is 6.07 Å². The van der Waals surface area contributed by atoms with Gasteiger partial charge in [0, 0.05) is 42.7 Å². The second-order valence-electron chi connectivity index (χ2n) is 4.96. The standard InChI is InChI=1S/C14H18ClFN2O/c1-10(9-18-6-2-3-14(18)19)17-8-11-7-12(15)4-5-13(11)16/h4-5,7,10,17H,2-3,6,8-9H2,1H3. The number of amides is 1. The molecule has 5 heteroatoms. The fourth-order valence-corrected chi connectivity index (χ4v) is 2.45. The molecule has 0 bridgehead atoms. The van der Waals surface area contributed by atoms with Gasteiger partial charge in [0.2, 0.25) is 5.91 Å². The molecule has 0 aliphatic carbocycles. The number of likely N-dealkylation sites (tertiary alicyclic amines) is 1. The van der Waals surface area contributed by atoms with E-state index in [0.717, 1.165) is 13.0 Å². The van der Waals surface area contributed by atoms with E-state index < -0.39 is 0 Å². The van der Waals surface area contributed by atoms with Crippen LogP contribution in [0.2, 0.25) is 5.02 Å². The summed E-state index contributed by atoms with van der Waals surface area (Å²) in [4.78, 5) is 13.4. The molecular weight excluding hydrogens is 267 g/mol. The van der Waals surface area contributed by atoms with E-state index in [1.807, 2.05) is 11.8 Å². The zero-order valence-electron chi connectivity index (χ0n) is 11.0. The average molecular weight is 285 g/mol. The summed E-state index contributed by atoms with van der Waals surface area (Å²) < 4.78 is 13.5. The Hall–Kier alpha value is -1.13. The Morgan fingerprint density at radius 1 is 1.53 bits per heavy atom. The lowest BCUT2D eigenvalue weighted by Gasteiger charge is -2.21. The molecule has 0 aromatic heterocycles. The van der Waals surface area contributed by atoms with E-state index in [0.29, 0.717) is 30.1 Å². The molecule has 0 radical (unpaired) electrons. The number of carbonyl (C=O) groups is 1. The second-order valence-corrected chi connectivity index (χ2v) is 5.40. The van der Waals surface area contributed by atoms with Gasteiger partial charge in [0.15, 0.2) is 0 Å². The van der Waals surface area contributed by atoms with Crippen LogP contribution in [0.4, 0.5) is 4.39 Å². The predicted molar refractivity (Wildman–Crippen MR) is 73.5 cm³/mol. The van der Waals surface area contributed by atoms with Gasteiger partial charge in [0.1, 0.15) is 5.82 Å². The average Bonchev–Trinajstić information content (AvgIpc) is 2.76. The Bertz CT molecular complexity index is 467. The molecular formula is C14H18ClFN2O. The van der Waals surface area contributed by atoms with Crippen molar-refractivity contribution in [2.24, 2.45) is 0 Å². The molecule has 1 fully saturated rings. The van der Waals surface area contributed by atoms with Crippen molar-refractivity contribution < 1.29 is 9.18 Å². The van der Waals surface area contributed by atoms with Gasteiger partial charge in [-0.2, -0.15) is 0 Å². The van der Waals surface area contributed by atoms with Crippen molar-refractivity contribution in [3.05, 3.63) is 34.6 Å². The molecule has 0 spiro atoms. The molecule has 104 valence electrons. The fraction of sp³-hybridized carbons (Fsp3) is 0.500. The van der Waals surface area contributed by atoms with E-state index in [9.17, 15) is 9.18 Å². The number of nitrogens with one attached hydrogen (secondary N) is 1. The van der Waals surface area contributed by atoms with Gasteiger partial charge in [-0.15, -0.1) is 0 Å². The number of rotatable bonds is 5. The van der Waals surface area contributed by atoms with Crippen LogP contribution in [-0.4, -0.2) is 29.9 Å². The van der Waals surface area contributed by atoms with E-state index in [1.165, 1.54) is 12.1 Å². The summed E-state index contributed by atoms with van der Waals surface area (Å²) in [6.45, 7) is 3.90. The third-order valence-electron chi connectivity index (χ3n) is 3.31. The summed E-state index contributed by atoms with van der Waals surface area (Å²) in [5.74, 6) is -0.0519. The third kappa shape index (κ3) is 3.91. The molecule has 1 aliphatic heterocycles. The fourth-order valence-electron chi connectivity index (χ4n) is 2.26. The first kappa shape index (κ1) is 14.3. The Labute approximate surface area is 117 Å². The van der Waals surface area contributed by atoms with Crippen molar-refractivity contribution in [3.8, 4) is 0 Å². The monoisotopic (exact) mass is 284 g/mol. The van der Waals surface area contributed by atoms with Gasteiger partial charge >= 0.3 is 0 Å². The van der Waals surface area contributed by atoms with Crippen LogP contribution in [0.3, 0.4) is 0 Å². The number of hydrogen-bond acceptors (Lipinski definition) is 2. The van der Waals surface area contributed by atoms with Crippen LogP contribution < -0.4 is 5.32 Å². The van der Waals surface area contributed by atoms with Crippen LogP contribution in [0.15, 0.2) is 18.2 Å². The van der Waals surface area contributed by atoms with Crippen LogP contribution in [0.25, 0.3) is 0 Å². The first-order valence-corrected chi connectivity index (χ1v) is 6.89. The molecule has 19 heavy (non-hydrogen) atoms. The lowest BCUT2D eigenvalue weighted by Crippen LogP contribution is -2.39. The summed E-state index contributed by atoms with van der Waals surface area (Å²) in [5.41, 5.74) is 0.548. The lowest BCUT2D eigenvalue weighted by molar-refractivity contribution is -0.127. The molecule has 3 nitrogen and oxygen atoms in total. The van der Waals surface area contributed by atoms with E-state index in [2.05, 4.69) is 5.32 Å². The first-order valence-electron chi connectivity index (χ1n) is 6.51. The van der Waals surface area contributed by atoms with Gasteiger partial charge in [0.25, 0.3) is 0 Å². The van der Waals surface area contributed by atoms with Gasteiger partial charge in [-0.1, -0.05) is 11.6 Å². The molecule has 1 heterocycles. The lowest BCUT2D eigenvalue weighted by atomic mass is 10.2. The Morgan fingerprint density at radius 2 is 2.32 bits per heavy atom. The largest absolute Gasteiger partial charge is 0.341 e. The minimum absolute atomic E-state index is 0.125. The van der Waals surface area contributed by atoms with E-state index >= 15 is 0 Å². The zero-order chi connectivity index (χ0) is 13.8. The number of benzene rings is 1. The van der Waals surface area contributed by atoms with Crippen molar-refractivity contribution in [1.82, 2.24) is 10.2 Å². The summed E-state index contributed by atoms with van der Waals surface area (Å²) in [7, 11) is 0. The Balaban J connectivity index is 1.84. The van der Waals surface area contributed by atoms with Crippen LogP contribution in [0.5, 0.6) is 0 Å². The molecule has 1 aromatic carbocycles. The Morgan fingerprint density at radius 3 is 3.00 bits per heavy atom. The number of carbonyl (C=O) groups excluding carboxylic acids is 1. The zero-order valence-corrected chi connectivity index (χ0v) is 11.7. The SMILES string of the molecule is CC(CN1CCCC1=O)NCc1cc(Cl)ccc1F. The molecule has 1 saturated heterocycles. The quantitative estimate of drug-likeness (QED) is 0.901.